The minimum Gasteiger partial charge on any atom is -0.367 e. The van der Waals surface area contributed by atoms with Gasteiger partial charge in [-0.15, -0.1) is 0 Å². The first-order valence-corrected chi connectivity index (χ1v) is 10.9. The number of halogens is 3. The number of alkyl halides is 3. The van der Waals surface area contributed by atoms with Crippen molar-refractivity contribution in [3.8, 4) is 0 Å². The molecular formula is C21H29F3N6O. The second kappa shape index (κ2) is 8.20. The smallest absolute Gasteiger partial charge is 0.367 e. The van der Waals surface area contributed by atoms with Gasteiger partial charge in [0.1, 0.15) is 5.82 Å². The normalized spacial score (nSPS) is 23.7. The molecule has 3 atom stereocenters. The fourth-order valence-corrected chi connectivity index (χ4v) is 4.72. The summed E-state index contributed by atoms with van der Waals surface area (Å²) in [5, 5.41) is 11.9. The highest BCUT2D eigenvalue weighted by atomic mass is 19.4. The summed E-state index contributed by atoms with van der Waals surface area (Å²) in [6.45, 7) is 6.81. The molecule has 10 heteroatoms. The number of likely N-dealkylation sites (tertiary alicyclic amines) is 1. The maximum Gasteiger partial charge on any atom is 0.410 e. The first kappa shape index (κ1) is 21.7. The van der Waals surface area contributed by atoms with Gasteiger partial charge < -0.3 is 10.2 Å². The Bertz CT molecular complexity index is 950. The van der Waals surface area contributed by atoms with Crippen LogP contribution in [-0.4, -0.2) is 49.1 Å². The van der Waals surface area contributed by atoms with E-state index in [9.17, 15) is 18.0 Å². The zero-order chi connectivity index (χ0) is 22.3. The Kier molecular flexibility index (Phi) is 5.74. The van der Waals surface area contributed by atoms with Crippen LogP contribution in [0.25, 0.3) is 0 Å². The van der Waals surface area contributed by atoms with Crippen LogP contribution in [0.1, 0.15) is 68.2 Å². The van der Waals surface area contributed by atoms with Crippen molar-refractivity contribution in [2.24, 2.45) is 0 Å². The lowest BCUT2D eigenvalue weighted by Crippen LogP contribution is -2.39. The molecule has 4 rings (SSSR count). The predicted octanol–water partition coefficient (Wildman–Crippen LogP) is 4.15. The van der Waals surface area contributed by atoms with E-state index in [1.165, 1.54) is 0 Å². The summed E-state index contributed by atoms with van der Waals surface area (Å²) in [4.78, 5) is 14.7. The number of anilines is 1. The molecule has 1 saturated heterocycles. The van der Waals surface area contributed by atoms with E-state index in [0.29, 0.717) is 43.9 Å². The SMILES string of the molecule is CC[C@@H]1C[C@H](C(F)(F)F)n2nc([C@@H]3CCCN3C(=O)CCn3nc(C)cc3C)cc2N1. The van der Waals surface area contributed by atoms with Crippen LogP contribution in [-0.2, 0) is 11.3 Å². The van der Waals surface area contributed by atoms with Crippen molar-refractivity contribution in [3.63, 3.8) is 0 Å². The topological polar surface area (TPSA) is 68.0 Å². The van der Waals surface area contributed by atoms with Crippen molar-refractivity contribution >= 4 is 11.7 Å². The average Bonchev–Trinajstić information content (AvgIpc) is 3.41. The fourth-order valence-electron chi connectivity index (χ4n) is 4.72. The Labute approximate surface area is 179 Å². The van der Waals surface area contributed by atoms with E-state index in [2.05, 4.69) is 15.5 Å². The van der Waals surface area contributed by atoms with Crippen LogP contribution in [0, 0.1) is 13.8 Å². The lowest BCUT2D eigenvalue weighted by molar-refractivity contribution is -0.173. The fraction of sp³-hybridized carbons (Fsp3) is 0.667. The maximum absolute atomic E-state index is 13.7. The predicted molar refractivity (Wildman–Crippen MR) is 110 cm³/mol. The lowest BCUT2D eigenvalue weighted by Gasteiger charge is -2.32. The molecule has 1 fully saturated rings. The van der Waals surface area contributed by atoms with Crippen LogP contribution in [0.4, 0.5) is 19.0 Å². The highest BCUT2D eigenvalue weighted by molar-refractivity contribution is 5.77. The average molecular weight is 438 g/mol. The molecule has 31 heavy (non-hydrogen) atoms. The van der Waals surface area contributed by atoms with Crippen molar-refractivity contribution in [3.05, 3.63) is 29.2 Å². The lowest BCUT2D eigenvalue weighted by atomic mass is 10.0. The van der Waals surface area contributed by atoms with Crippen molar-refractivity contribution in [1.82, 2.24) is 24.5 Å². The molecule has 0 bridgehead atoms. The summed E-state index contributed by atoms with van der Waals surface area (Å²) in [5.74, 6) is 0.366. The van der Waals surface area contributed by atoms with Gasteiger partial charge in [-0.25, -0.2) is 4.68 Å². The molecule has 2 aromatic rings. The molecule has 170 valence electrons. The first-order valence-electron chi connectivity index (χ1n) is 10.9. The summed E-state index contributed by atoms with van der Waals surface area (Å²) in [5.41, 5.74) is 2.44. The van der Waals surface area contributed by atoms with Crippen LogP contribution < -0.4 is 5.32 Å². The van der Waals surface area contributed by atoms with Crippen LogP contribution in [0.2, 0.25) is 0 Å². The molecule has 0 aromatic carbocycles. The summed E-state index contributed by atoms with van der Waals surface area (Å²) >= 11 is 0. The van der Waals surface area contributed by atoms with Gasteiger partial charge in [-0.1, -0.05) is 6.92 Å². The Morgan fingerprint density at radius 3 is 2.68 bits per heavy atom. The summed E-state index contributed by atoms with van der Waals surface area (Å²) in [7, 11) is 0. The third-order valence-corrected chi connectivity index (χ3v) is 6.34. The van der Waals surface area contributed by atoms with Crippen LogP contribution >= 0.6 is 0 Å². The molecule has 2 aliphatic heterocycles. The van der Waals surface area contributed by atoms with E-state index in [-0.39, 0.29) is 24.4 Å². The summed E-state index contributed by atoms with van der Waals surface area (Å²) < 4.78 is 43.9. The van der Waals surface area contributed by atoms with E-state index in [4.69, 9.17) is 0 Å². The Morgan fingerprint density at radius 1 is 1.26 bits per heavy atom. The molecule has 1 N–H and O–H groups in total. The maximum atomic E-state index is 13.7. The Balaban J connectivity index is 1.52. The molecule has 2 aromatic heterocycles. The molecule has 0 unspecified atom stereocenters. The number of aryl methyl sites for hydroxylation is 3. The van der Waals surface area contributed by atoms with Crippen LogP contribution in [0.15, 0.2) is 12.1 Å². The van der Waals surface area contributed by atoms with Gasteiger partial charge in [-0.3, -0.25) is 9.48 Å². The molecule has 0 saturated carbocycles. The van der Waals surface area contributed by atoms with Crippen molar-refractivity contribution in [1.29, 1.82) is 0 Å². The third-order valence-electron chi connectivity index (χ3n) is 6.34. The molecular weight excluding hydrogens is 409 g/mol. The number of rotatable bonds is 5. The number of hydrogen-bond acceptors (Lipinski definition) is 4. The van der Waals surface area contributed by atoms with Crippen molar-refractivity contribution in [2.45, 2.75) is 83.7 Å². The summed E-state index contributed by atoms with van der Waals surface area (Å²) in [6.07, 6.45) is -1.98. The third kappa shape index (κ3) is 4.29. The minimum absolute atomic E-state index is 0.0206. The number of nitrogens with zero attached hydrogens (tertiary/aromatic N) is 5. The zero-order valence-electron chi connectivity index (χ0n) is 18.1. The number of fused-ring (bicyclic) bond motifs is 1. The van der Waals surface area contributed by atoms with Gasteiger partial charge in [0.15, 0.2) is 6.04 Å². The van der Waals surface area contributed by atoms with Gasteiger partial charge in [0.25, 0.3) is 0 Å². The molecule has 7 nitrogen and oxygen atoms in total. The zero-order valence-corrected chi connectivity index (χ0v) is 18.1. The largest absolute Gasteiger partial charge is 0.410 e. The quantitative estimate of drug-likeness (QED) is 0.762. The van der Waals surface area contributed by atoms with Gasteiger partial charge >= 0.3 is 6.18 Å². The minimum atomic E-state index is -4.36. The molecule has 0 spiro atoms. The highest BCUT2D eigenvalue weighted by Gasteiger charge is 2.46. The van der Waals surface area contributed by atoms with E-state index >= 15 is 0 Å². The number of hydrogen-bond donors (Lipinski definition) is 1. The molecule has 2 aliphatic rings. The molecule has 0 radical (unpaired) electrons. The standard InChI is InChI=1S/C21H29F3N6O/c1-4-15-11-18(21(22,23)24)30-19(25-15)12-16(27-30)17-6-5-8-28(17)20(31)7-9-29-14(3)10-13(2)26-29/h10,12,15,17-18,25H,4-9,11H2,1-3H3/t15-,17+,18-/m1/s1. The monoisotopic (exact) mass is 438 g/mol. The van der Waals surface area contributed by atoms with E-state index < -0.39 is 12.2 Å². The van der Waals surface area contributed by atoms with Gasteiger partial charge in [0.2, 0.25) is 5.91 Å². The van der Waals surface area contributed by atoms with Crippen LogP contribution in [0.3, 0.4) is 0 Å². The number of nitrogens with one attached hydrogen (secondary N) is 1. The molecule has 1 amide bonds. The molecule has 4 heterocycles. The van der Waals surface area contributed by atoms with Crippen molar-refractivity contribution in [2.75, 3.05) is 11.9 Å². The molecule has 0 aliphatic carbocycles. The van der Waals surface area contributed by atoms with Gasteiger partial charge in [-0.2, -0.15) is 23.4 Å². The Hall–Kier alpha value is -2.52. The highest BCUT2D eigenvalue weighted by Crippen LogP contribution is 2.42. The number of carbonyl (C=O) groups is 1. The van der Waals surface area contributed by atoms with E-state index in [1.54, 1.807) is 11.0 Å². The second-order valence-corrected chi connectivity index (χ2v) is 8.59. The van der Waals surface area contributed by atoms with E-state index in [1.807, 2.05) is 31.5 Å². The number of amides is 1. The Morgan fingerprint density at radius 2 is 2.03 bits per heavy atom. The van der Waals surface area contributed by atoms with Crippen LogP contribution in [0.5, 0.6) is 0 Å². The second-order valence-electron chi connectivity index (χ2n) is 8.59. The van der Waals surface area contributed by atoms with Crippen molar-refractivity contribution < 1.29 is 18.0 Å². The van der Waals surface area contributed by atoms with Gasteiger partial charge in [-0.05, 0) is 45.6 Å². The number of aromatic nitrogens is 4. The summed E-state index contributed by atoms with van der Waals surface area (Å²) in [6, 6.07) is 1.48. The van der Waals surface area contributed by atoms with Gasteiger partial charge in [0.05, 0.1) is 17.4 Å². The number of carbonyl (C=O) groups excluding carboxylic acids is 1. The van der Waals surface area contributed by atoms with E-state index in [0.717, 1.165) is 22.5 Å². The van der Waals surface area contributed by atoms with Gasteiger partial charge in [0, 0.05) is 37.3 Å². The first-order chi connectivity index (χ1) is 14.7.